The normalized spacial score (nSPS) is 14.1. The maximum atomic E-state index is 5.28. The SMILES string of the molecule is COc1ccc2cc(C(C)C3=Nc4ccccc4[N]3)ccc2c1. The lowest BCUT2D eigenvalue weighted by Gasteiger charge is -2.12. The molecule has 3 aromatic rings. The Balaban J connectivity index is 1.67. The third-order valence-electron chi connectivity index (χ3n) is 4.31. The van der Waals surface area contributed by atoms with E-state index in [0.29, 0.717) is 0 Å². The van der Waals surface area contributed by atoms with Gasteiger partial charge in [0.15, 0.2) is 0 Å². The van der Waals surface area contributed by atoms with E-state index in [9.17, 15) is 0 Å². The summed E-state index contributed by atoms with van der Waals surface area (Å²) >= 11 is 0. The van der Waals surface area contributed by atoms with Gasteiger partial charge in [0.1, 0.15) is 11.6 Å². The van der Waals surface area contributed by atoms with Gasteiger partial charge in [0.2, 0.25) is 0 Å². The van der Waals surface area contributed by atoms with Gasteiger partial charge in [-0.25, -0.2) is 10.3 Å². The molecule has 3 aromatic carbocycles. The van der Waals surface area contributed by atoms with Crippen molar-refractivity contribution in [2.45, 2.75) is 12.8 Å². The zero-order chi connectivity index (χ0) is 15.8. The molecule has 0 bridgehead atoms. The molecule has 0 aliphatic carbocycles. The number of hydrogen-bond acceptors (Lipinski definition) is 2. The Labute approximate surface area is 135 Å². The first-order valence-electron chi connectivity index (χ1n) is 7.71. The summed E-state index contributed by atoms with van der Waals surface area (Å²) < 4.78 is 5.28. The van der Waals surface area contributed by atoms with Crippen molar-refractivity contribution in [1.82, 2.24) is 5.32 Å². The fourth-order valence-corrected chi connectivity index (χ4v) is 2.91. The van der Waals surface area contributed by atoms with Gasteiger partial charge in [0.05, 0.1) is 18.5 Å². The second-order valence-corrected chi connectivity index (χ2v) is 5.76. The van der Waals surface area contributed by atoms with E-state index in [4.69, 9.17) is 4.74 Å². The average Bonchev–Trinajstić information content (AvgIpc) is 3.04. The number of aliphatic imine (C=N–C) groups is 1. The first kappa shape index (κ1) is 13.8. The third-order valence-corrected chi connectivity index (χ3v) is 4.31. The van der Waals surface area contributed by atoms with Crippen LogP contribution in [0.15, 0.2) is 65.7 Å². The topological polar surface area (TPSA) is 35.7 Å². The highest BCUT2D eigenvalue weighted by atomic mass is 16.5. The Morgan fingerprint density at radius 2 is 1.61 bits per heavy atom. The third kappa shape index (κ3) is 2.44. The Hall–Kier alpha value is -2.81. The number of benzene rings is 3. The average molecular weight is 301 g/mol. The molecule has 0 spiro atoms. The van der Waals surface area contributed by atoms with Gasteiger partial charge in [0, 0.05) is 5.92 Å². The van der Waals surface area contributed by atoms with Crippen molar-refractivity contribution >= 4 is 28.0 Å². The van der Waals surface area contributed by atoms with Crippen LogP contribution in [0.3, 0.4) is 0 Å². The van der Waals surface area contributed by atoms with Crippen LogP contribution in [0.4, 0.5) is 11.4 Å². The maximum Gasteiger partial charge on any atom is 0.137 e. The van der Waals surface area contributed by atoms with Crippen LogP contribution in [0.5, 0.6) is 5.75 Å². The molecule has 113 valence electrons. The zero-order valence-electron chi connectivity index (χ0n) is 13.2. The van der Waals surface area contributed by atoms with E-state index in [0.717, 1.165) is 23.0 Å². The first-order chi connectivity index (χ1) is 11.2. The zero-order valence-corrected chi connectivity index (χ0v) is 13.2. The predicted molar refractivity (Wildman–Crippen MR) is 94.2 cm³/mol. The Kier molecular flexibility index (Phi) is 3.27. The molecule has 4 rings (SSSR count). The van der Waals surface area contributed by atoms with E-state index in [-0.39, 0.29) is 5.92 Å². The quantitative estimate of drug-likeness (QED) is 0.675. The minimum Gasteiger partial charge on any atom is -0.497 e. The van der Waals surface area contributed by atoms with Crippen molar-refractivity contribution in [2.24, 2.45) is 4.99 Å². The summed E-state index contributed by atoms with van der Waals surface area (Å²) in [4.78, 5) is 4.67. The highest BCUT2D eigenvalue weighted by molar-refractivity contribution is 6.00. The number of methoxy groups -OCH3 is 1. The summed E-state index contributed by atoms with van der Waals surface area (Å²) in [5.41, 5.74) is 3.14. The van der Waals surface area contributed by atoms with Gasteiger partial charge in [-0.05, 0) is 40.6 Å². The van der Waals surface area contributed by atoms with Crippen LogP contribution in [0, 0.1) is 0 Å². The Morgan fingerprint density at radius 1 is 0.870 bits per heavy atom. The summed E-state index contributed by atoms with van der Waals surface area (Å²) in [6.07, 6.45) is 0. The summed E-state index contributed by atoms with van der Waals surface area (Å²) in [7, 11) is 1.69. The maximum absolute atomic E-state index is 5.28. The fourth-order valence-electron chi connectivity index (χ4n) is 2.91. The fraction of sp³-hybridized carbons (Fsp3) is 0.150. The lowest BCUT2D eigenvalue weighted by molar-refractivity contribution is 0.415. The molecule has 1 heterocycles. The number of ether oxygens (including phenoxy) is 1. The van der Waals surface area contributed by atoms with Gasteiger partial charge in [-0.3, -0.25) is 0 Å². The number of hydrogen-bond donors (Lipinski definition) is 0. The molecule has 1 radical (unpaired) electrons. The van der Waals surface area contributed by atoms with Crippen molar-refractivity contribution in [3.63, 3.8) is 0 Å². The van der Waals surface area contributed by atoms with Crippen LogP contribution in [-0.4, -0.2) is 12.9 Å². The van der Waals surface area contributed by atoms with E-state index < -0.39 is 0 Å². The van der Waals surface area contributed by atoms with Crippen molar-refractivity contribution in [3.8, 4) is 5.75 Å². The number of amidine groups is 1. The molecular formula is C20H17N2O. The van der Waals surface area contributed by atoms with Crippen LogP contribution in [0.1, 0.15) is 18.4 Å². The second-order valence-electron chi connectivity index (χ2n) is 5.76. The van der Waals surface area contributed by atoms with Crippen LogP contribution < -0.4 is 10.1 Å². The number of fused-ring (bicyclic) bond motifs is 2. The van der Waals surface area contributed by atoms with Crippen LogP contribution in [-0.2, 0) is 0 Å². The van der Waals surface area contributed by atoms with E-state index in [2.05, 4.69) is 47.6 Å². The summed E-state index contributed by atoms with van der Waals surface area (Å²) in [6.45, 7) is 2.15. The molecule has 0 aromatic heterocycles. The Bertz CT molecular complexity index is 914. The summed E-state index contributed by atoms with van der Waals surface area (Å²) in [6, 6.07) is 20.6. The molecule has 0 saturated carbocycles. The van der Waals surface area contributed by atoms with Crippen LogP contribution >= 0.6 is 0 Å². The largest absolute Gasteiger partial charge is 0.497 e. The number of rotatable bonds is 3. The summed E-state index contributed by atoms with van der Waals surface area (Å²) in [5, 5.41) is 7.04. The van der Waals surface area contributed by atoms with E-state index in [1.165, 1.54) is 16.3 Å². The van der Waals surface area contributed by atoms with Crippen LogP contribution in [0.25, 0.3) is 10.8 Å². The molecule has 23 heavy (non-hydrogen) atoms. The molecule has 1 atom stereocenters. The van der Waals surface area contributed by atoms with Gasteiger partial charge >= 0.3 is 0 Å². The molecule has 0 fully saturated rings. The van der Waals surface area contributed by atoms with Crippen LogP contribution in [0.2, 0.25) is 0 Å². The van der Waals surface area contributed by atoms with Gasteiger partial charge in [-0.15, -0.1) is 0 Å². The van der Waals surface area contributed by atoms with Crippen molar-refractivity contribution in [1.29, 1.82) is 0 Å². The molecule has 1 unspecified atom stereocenters. The van der Waals surface area contributed by atoms with E-state index >= 15 is 0 Å². The lowest BCUT2D eigenvalue weighted by atomic mass is 9.96. The highest BCUT2D eigenvalue weighted by Crippen LogP contribution is 2.34. The molecular weight excluding hydrogens is 284 g/mol. The standard InChI is InChI=1S/C20H17N2O/c1-13(20-21-18-5-3-4-6-19(18)22-20)14-7-8-16-12-17(23-2)10-9-15(16)11-14/h3-13H,1-2H3. The molecule has 0 saturated heterocycles. The van der Waals surface area contributed by atoms with Gasteiger partial charge in [0.25, 0.3) is 0 Å². The molecule has 0 amide bonds. The first-order valence-corrected chi connectivity index (χ1v) is 7.71. The number of nitrogens with zero attached hydrogens (tertiary/aromatic N) is 2. The summed E-state index contributed by atoms with van der Waals surface area (Å²) in [5.74, 6) is 1.91. The van der Waals surface area contributed by atoms with Crippen molar-refractivity contribution in [2.75, 3.05) is 7.11 Å². The Morgan fingerprint density at radius 3 is 2.39 bits per heavy atom. The minimum absolute atomic E-state index is 0.161. The minimum atomic E-state index is 0.161. The van der Waals surface area contributed by atoms with E-state index in [1.807, 2.05) is 30.3 Å². The van der Waals surface area contributed by atoms with Gasteiger partial charge < -0.3 is 4.74 Å². The molecule has 3 nitrogen and oxygen atoms in total. The molecule has 3 heteroatoms. The molecule has 1 aliphatic rings. The highest BCUT2D eigenvalue weighted by Gasteiger charge is 2.21. The van der Waals surface area contributed by atoms with Crippen molar-refractivity contribution in [3.05, 3.63) is 66.2 Å². The second kappa shape index (κ2) is 5.43. The molecule has 0 N–H and O–H groups in total. The lowest BCUT2D eigenvalue weighted by Crippen LogP contribution is -2.15. The monoisotopic (exact) mass is 301 g/mol. The van der Waals surface area contributed by atoms with Gasteiger partial charge in [-0.1, -0.05) is 43.3 Å². The van der Waals surface area contributed by atoms with E-state index in [1.54, 1.807) is 7.11 Å². The smallest absolute Gasteiger partial charge is 0.137 e. The van der Waals surface area contributed by atoms with Gasteiger partial charge in [-0.2, -0.15) is 0 Å². The predicted octanol–water partition coefficient (Wildman–Crippen LogP) is 4.93. The molecule has 1 aliphatic heterocycles. The van der Waals surface area contributed by atoms with Crippen molar-refractivity contribution < 1.29 is 4.74 Å². The number of para-hydroxylation sites is 2.